The van der Waals surface area contributed by atoms with Gasteiger partial charge in [-0.05, 0) is 29.1 Å². The molecule has 35 heavy (non-hydrogen) atoms. The van der Waals surface area contributed by atoms with Crippen LogP contribution in [0.2, 0.25) is 5.02 Å². The molecule has 0 atom stereocenters. The molecule has 0 saturated heterocycles. The highest BCUT2D eigenvalue weighted by molar-refractivity contribution is 6.31. The van der Waals surface area contributed by atoms with Crippen molar-refractivity contribution in [3.8, 4) is 11.3 Å². The molecule has 0 fully saturated rings. The predicted molar refractivity (Wildman–Crippen MR) is 139 cm³/mol. The number of fused-ring (bicyclic) bond motifs is 1. The molecule has 174 valence electrons. The third-order valence-corrected chi connectivity index (χ3v) is 6.28. The average Bonchev–Trinajstić information content (AvgIpc) is 3.27. The molecule has 0 aliphatic rings. The van der Waals surface area contributed by atoms with Crippen LogP contribution in [0.3, 0.4) is 0 Å². The summed E-state index contributed by atoms with van der Waals surface area (Å²) in [6.07, 6.45) is 1.93. The van der Waals surface area contributed by atoms with Crippen LogP contribution in [0.4, 0.5) is 0 Å². The molecular weight excluding hydrogens is 460 g/mol. The average molecular weight is 483 g/mol. The Kier molecular flexibility index (Phi) is 6.21. The molecule has 7 heteroatoms. The Balaban J connectivity index is 1.47. The topological polar surface area (TPSA) is 71.0 Å². The number of pyridine rings is 1. The number of para-hydroxylation sites is 1. The van der Waals surface area contributed by atoms with Crippen molar-refractivity contribution in [2.24, 2.45) is 0 Å². The number of aromatic amines is 1. The molecule has 0 saturated carbocycles. The van der Waals surface area contributed by atoms with Gasteiger partial charge in [-0.3, -0.25) is 14.3 Å². The summed E-state index contributed by atoms with van der Waals surface area (Å²) >= 11 is 6.36. The number of H-pyrrole nitrogens is 1. The third-order valence-electron chi connectivity index (χ3n) is 5.91. The third kappa shape index (κ3) is 4.74. The van der Waals surface area contributed by atoms with Gasteiger partial charge in [-0.1, -0.05) is 78.3 Å². The molecule has 0 radical (unpaired) electrons. The van der Waals surface area contributed by atoms with E-state index in [1.54, 1.807) is 18.0 Å². The number of carbonyl (C=O) groups is 1. The second kappa shape index (κ2) is 9.60. The molecule has 0 aliphatic heterocycles. The lowest BCUT2D eigenvalue weighted by Gasteiger charge is -2.17. The van der Waals surface area contributed by atoms with Gasteiger partial charge < -0.3 is 9.88 Å². The van der Waals surface area contributed by atoms with Crippen LogP contribution in [-0.2, 0) is 13.1 Å². The summed E-state index contributed by atoms with van der Waals surface area (Å²) in [7, 11) is 1.69. The van der Waals surface area contributed by atoms with Gasteiger partial charge in [0.05, 0.1) is 12.2 Å². The first kappa shape index (κ1) is 22.6. The zero-order valence-corrected chi connectivity index (χ0v) is 19.9. The highest BCUT2D eigenvalue weighted by Gasteiger charge is 2.20. The van der Waals surface area contributed by atoms with Crippen molar-refractivity contribution in [1.29, 1.82) is 0 Å². The van der Waals surface area contributed by atoms with Crippen LogP contribution in [0.5, 0.6) is 0 Å². The highest BCUT2D eigenvalue weighted by atomic mass is 35.5. The number of carbonyl (C=O) groups excluding carboxylic acids is 1. The molecule has 5 aromatic rings. The number of aromatic nitrogens is 3. The molecule has 6 nitrogen and oxygen atoms in total. The van der Waals surface area contributed by atoms with Crippen LogP contribution >= 0.6 is 11.6 Å². The van der Waals surface area contributed by atoms with Crippen LogP contribution < -0.4 is 5.56 Å². The normalized spacial score (nSPS) is 11.0. The molecule has 0 unspecified atom stereocenters. The minimum atomic E-state index is -0.404. The monoisotopic (exact) mass is 482 g/mol. The van der Waals surface area contributed by atoms with Crippen LogP contribution in [-0.4, -0.2) is 32.6 Å². The summed E-state index contributed by atoms with van der Waals surface area (Å²) in [6.45, 7) is 0.791. The maximum absolute atomic E-state index is 13.3. The van der Waals surface area contributed by atoms with Crippen molar-refractivity contribution in [3.05, 3.63) is 123 Å². The maximum Gasteiger partial charge on any atom is 0.261 e. The smallest absolute Gasteiger partial charge is 0.261 e. The first-order valence-electron chi connectivity index (χ1n) is 11.2. The highest BCUT2D eigenvalue weighted by Crippen LogP contribution is 2.25. The van der Waals surface area contributed by atoms with Crippen molar-refractivity contribution in [2.75, 3.05) is 7.05 Å². The fourth-order valence-corrected chi connectivity index (χ4v) is 4.33. The Labute approximate surface area is 207 Å². The van der Waals surface area contributed by atoms with Crippen LogP contribution in [0.15, 0.2) is 95.9 Å². The van der Waals surface area contributed by atoms with E-state index in [0.29, 0.717) is 17.1 Å². The van der Waals surface area contributed by atoms with Gasteiger partial charge >= 0.3 is 0 Å². The Morgan fingerprint density at radius 1 is 0.971 bits per heavy atom. The molecule has 3 aromatic carbocycles. The van der Waals surface area contributed by atoms with E-state index in [1.807, 2.05) is 89.7 Å². The van der Waals surface area contributed by atoms with E-state index in [0.717, 1.165) is 27.8 Å². The van der Waals surface area contributed by atoms with E-state index >= 15 is 0 Å². The molecule has 1 amide bonds. The molecular formula is C28H23ClN4O2. The summed E-state index contributed by atoms with van der Waals surface area (Å²) < 4.78 is 1.83. The standard InChI is InChI=1S/C28H23ClN4O2/c1-32(28(35)23-15-20-11-6-8-14-25(20)30-27(23)34)16-22-18-33(17-21-12-5-7-13-24(21)29)31-26(22)19-9-3-2-4-10-19/h2-15,18H,16-17H2,1H3,(H,30,34). The number of benzene rings is 3. The van der Waals surface area contributed by atoms with Crippen LogP contribution in [0.1, 0.15) is 21.5 Å². The first-order chi connectivity index (χ1) is 17.0. The fourth-order valence-electron chi connectivity index (χ4n) is 4.14. The summed E-state index contributed by atoms with van der Waals surface area (Å²) in [5.74, 6) is -0.352. The van der Waals surface area contributed by atoms with Crippen molar-refractivity contribution >= 4 is 28.4 Å². The van der Waals surface area contributed by atoms with Gasteiger partial charge in [0.1, 0.15) is 5.56 Å². The zero-order chi connectivity index (χ0) is 24.4. The van der Waals surface area contributed by atoms with E-state index in [9.17, 15) is 9.59 Å². The lowest BCUT2D eigenvalue weighted by molar-refractivity contribution is 0.0783. The molecule has 0 bridgehead atoms. The van der Waals surface area contributed by atoms with E-state index in [-0.39, 0.29) is 18.0 Å². The summed E-state index contributed by atoms with van der Waals surface area (Å²) in [6, 6.07) is 26.5. The van der Waals surface area contributed by atoms with E-state index in [1.165, 1.54) is 0 Å². The van der Waals surface area contributed by atoms with Crippen LogP contribution in [0.25, 0.3) is 22.2 Å². The Bertz CT molecular complexity index is 1570. The second-order valence-corrected chi connectivity index (χ2v) is 8.83. The molecule has 1 N–H and O–H groups in total. The largest absolute Gasteiger partial charge is 0.337 e. The summed E-state index contributed by atoms with van der Waals surface area (Å²) in [4.78, 5) is 30.2. The quantitative estimate of drug-likeness (QED) is 0.354. The van der Waals surface area contributed by atoms with Gasteiger partial charge in [0.15, 0.2) is 0 Å². The molecule has 2 heterocycles. The minimum Gasteiger partial charge on any atom is -0.337 e. The lowest BCUT2D eigenvalue weighted by Crippen LogP contribution is -2.31. The Morgan fingerprint density at radius 2 is 1.69 bits per heavy atom. The first-order valence-corrected chi connectivity index (χ1v) is 11.6. The van der Waals surface area contributed by atoms with Gasteiger partial charge in [0, 0.05) is 41.5 Å². The second-order valence-electron chi connectivity index (χ2n) is 8.42. The van der Waals surface area contributed by atoms with Crippen molar-refractivity contribution in [3.63, 3.8) is 0 Å². The minimum absolute atomic E-state index is 0.107. The van der Waals surface area contributed by atoms with Crippen molar-refractivity contribution in [2.45, 2.75) is 13.1 Å². The number of hydrogen-bond donors (Lipinski definition) is 1. The Hall–Kier alpha value is -4.16. The van der Waals surface area contributed by atoms with Crippen LogP contribution in [0, 0.1) is 0 Å². The maximum atomic E-state index is 13.3. The van der Waals surface area contributed by atoms with Gasteiger partial charge in [0.25, 0.3) is 11.5 Å². The van der Waals surface area contributed by atoms with Gasteiger partial charge in [-0.15, -0.1) is 0 Å². The van der Waals surface area contributed by atoms with Crippen molar-refractivity contribution < 1.29 is 4.79 Å². The van der Waals surface area contributed by atoms with Gasteiger partial charge in [-0.25, -0.2) is 0 Å². The van der Waals surface area contributed by atoms with Crippen molar-refractivity contribution in [1.82, 2.24) is 19.7 Å². The lowest BCUT2D eigenvalue weighted by atomic mass is 10.1. The van der Waals surface area contributed by atoms with Gasteiger partial charge in [0.2, 0.25) is 0 Å². The fraction of sp³-hybridized carbons (Fsp3) is 0.107. The molecule has 5 rings (SSSR count). The number of halogens is 1. The summed E-state index contributed by atoms with van der Waals surface area (Å²) in [5, 5.41) is 6.29. The number of hydrogen-bond acceptors (Lipinski definition) is 3. The predicted octanol–water partition coefficient (Wildman–Crippen LogP) is 5.37. The van der Waals surface area contributed by atoms with E-state index < -0.39 is 5.56 Å². The molecule has 0 spiro atoms. The number of rotatable bonds is 6. The van der Waals surface area contributed by atoms with Gasteiger partial charge in [-0.2, -0.15) is 5.10 Å². The molecule has 2 aromatic heterocycles. The SMILES string of the molecule is CN(Cc1cn(Cc2ccccc2Cl)nc1-c1ccccc1)C(=O)c1cc2ccccc2[nH]c1=O. The Morgan fingerprint density at radius 3 is 2.49 bits per heavy atom. The molecule has 0 aliphatic carbocycles. The number of nitrogens with zero attached hydrogens (tertiary/aromatic N) is 3. The van der Waals surface area contributed by atoms with E-state index in [2.05, 4.69) is 4.98 Å². The zero-order valence-electron chi connectivity index (χ0n) is 19.1. The summed E-state index contributed by atoms with van der Waals surface area (Å²) in [5.41, 5.74) is 3.96. The van der Waals surface area contributed by atoms with E-state index in [4.69, 9.17) is 16.7 Å². The number of amides is 1. The number of nitrogens with one attached hydrogen (secondary N) is 1.